The normalized spacial score (nSPS) is 23.3. The molecule has 0 radical (unpaired) electrons. The van der Waals surface area contributed by atoms with Crippen LogP contribution in [0.25, 0.3) is 0 Å². The van der Waals surface area contributed by atoms with Gasteiger partial charge >= 0.3 is 35.8 Å². The van der Waals surface area contributed by atoms with E-state index in [1.807, 2.05) is 0 Å². The van der Waals surface area contributed by atoms with Crippen molar-refractivity contribution in [1.29, 1.82) is 0 Å². The van der Waals surface area contributed by atoms with Crippen molar-refractivity contribution in [1.82, 2.24) is 0 Å². The Morgan fingerprint density at radius 2 is 1.06 bits per heavy atom. The smallest absolute Gasteiger partial charge is 0.384 e. The highest BCUT2D eigenvalue weighted by Crippen LogP contribution is 2.62. The lowest BCUT2D eigenvalue weighted by molar-refractivity contribution is -0.440. The van der Waals surface area contributed by atoms with Gasteiger partial charge in [0.05, 0.1) is 13.2 Å². The van der Waals surface area contributed by atoms with Crippen molar-refractivity contribution in [2.45, 2.75) is 55.1 Å². The second-order valence-corrected chi connectivity index (χ2v) is 9.03. The molecule has 2 nitrogen and oxygen atoms in total. The van der Waals surface area contributed by atoms with Crippen LogP contribution in [0.5, 0.6) is 0 Å². The number of hydrogen-bond acceptors (Lipinski definition) is 2. The van der Waals surface area contributed by atoms with Gasteiger partial charge in [0.2, 0.25) is 0 Å². The Morgan fingerprint density at radius 1 is 0.667 bits per heavy atom. The molecule has 0 bridgehead atoms. The lowest BCUT2D eigenvalue weighted by atomic mass is 9.84. The molecule has 1 aliphatic carbocycles. The van der Waals surface area contributed by atoms with Gasteiger partial charge in [-0.2, -0.15) is 57.1 Å². The fourth-order valence-corrected chi connectivity index (χ4v) is 5.13. The van der Waals surface area contributed by atoms with Crippen LogP contribution in [0, 0.1) is 17.3 Å². The number of ether oxygens (including phenoxy) is 2. The largest absolute Gasteiger partial charge is 0.460 e. The van der Waals surface area contributed by atoms with Gasteiger partial charge in [-0.05, 0) is 24.7 Å². The van der Waals surface area contributed by atoms with E-state index in [4.69, 9.17) is 9.47 Å². The van der Waals surface area contributed by atoms with E-state index in [1.165, 1.54) is 14.2 Å². The standard InChI is InChI=1S/C17H20F13IO2/c1-32-7-11(8-33-2)3-9(10(4-11)6-31)5-12(18,19)13(20,21)14(22,23)15(24,25)16(26,27)17(28,29)30/h9-10H,3-8H2,1-2H3/t9-,10-/m0/s1. The van der Waals surface area contributed by atoms with Crippen LogP contribution in [0.4, 0.5) is 57.1 Å². The minimum absolute atomic E-state index is 0.0396. The molecule has 0 N–H and O–H groups in total. The van der Waals surface area contributed by atoms with Gasteiger partial charge in [0.25, 0.3) is 0 Å². The molecule has 1 saturated carbocycles. The van der Waals surface area contributed by atoms with E-state index in [0.29, 0.717) is 0 Å². The van der Waals surface area contributed by atoms with Gasteiger partial charge in [-0.1, -0.05) is 22.6 Å². The predicted octanol–water partition coefficient (Wildman–Crippen LogP) is 6.86. The number of halogens is 14. The van der Waals surface area contributed by atoms with Crippen molar-refractivity contribution in [2.24, 2.45) is 17.3 Å². The molecule has 1 aliphatic rings. The molecule has 0 heterocycles. The van der Waals surface area contributed by atoms with E-state index in [0.717, 1.165) is 0 Å². The van der Waals surface area contributed by atoms with Crippen LogP contribution < -0.4 is 0 Å². The Bertz CT molecular complexity index is 660. The summed E-state index contributed by atoms with van der Waals surface area (Å²) in [5, 5.41) is 0. The molecular formula is C17H20F13IO2. The molecule has 0 aromatic rings. The first-order valence-electron chi connectivity index (χ1n) is 9.10. The fourth-order valence-electron chi connectivity index (χ4n) is 4.10. The van der Waals surface area contributed by atoms with Crippen LogP contribution in [0.3, 0.4) is 0 Å². The highest BCUT2D eigenvalue weighted by Gasteiger charge is 2.90. The number of rotatable bonds is 11. The molecule has 0 spiro atoms. The Labute approximate surface area is 193 Å². The topological polar surface area (TPSA) is 18.5 Å². The maximum absolute atomic E-state index is 14.3. The van der Waals surface area contributed by atoms with Crippen molar-refractivity contribution in [2.75, 3.05) is 31.9 Å². The summed E-state index contributed by atoms with van der Waals surface area (Å²) in [6, 6.07) is 0. The van der Waals surface area contributed by atoms with Gasteiger partial charge in [-0.25, -0.2) is 0 Å². The van der Waals surface area contributed by atoms with Crippen LogP contribution in [-0.2, 0) is 9.47 Å². The molecule has 16 heteroatoms. The van der Waals surface area contributed by atoms with E-state index in [9.17, 15) is 57.1 Å². The summed E-state index contributed by atoms with van der Waals surface area (Å²) in [7, 11) is 2.46. The first-order chi connectivity index (χ1) is 14.6. The van der Waals surface area contributed by atoms with Crippen molar-refractivity contribution in [3.8, 4) is 0 Å². The minimum atomic E-state index is -7.88. The van der Waals surface area contributed by atoms with Crippen LogP contribution in [0.15, 0.2) is 0 Å². The van der Waals surface area contributed by atoms with Gasteiger partial charge in [0, 0.05) is 30.5 Å². The van der Waals surface area contributed by atoms with Gasteiger partial charge in [-0.15, -0.1) is 0 Å². The molecule has 0 unspecified atom stereocenters. The predicted molar refractivity (Wildman–Crippen MR) is 96.7 cm³/mol. The molecule has 2 atom stereocenters. The quantitative estimate of drug-likeness (QED) is 0.141. The summed E-state index contributed by atoms with van der Waals surface area (Å²) >= 11 is 1.69. The Hall–Kier alpha value is -0.260. The second-order valence-electron chi connectivity index (χ2n) is 8.15. The van der Waals surface area contributed by atoms with Crippen LogP contribution >= 0.6 is 22.6 Å². The zero-order chi connectivity index (χ0) is 26.3. The van der Waals surface area contributed by atoms with Gasteiger partial charge in [-0.3, -0.25) is 0 Å². The minimum Gasteiger partial charge on any atom is -0.384 e. The second kappa shape index (κ2) is 9.65. The molecule has 0 aromatic heterocycles. The molecular weight excluding hydrogens is 610 g/mol. The Kier molecular flexibility index (Phi) is 9.00. The van der Waals surface area contributed by atoms with Crippen molar-refractivity contribution in [3.05, 3.63) is 0 Å². The Balaban J connectivity index is 3.35. The maximum Gasteiger partial charge on any atom is 0.460 e. The number of hydrogen-bond donors (Lipinski definition) is 0. The van der Waals surface area contributed by atoms with E-state index >= 15 is 0 Å². The monoisotopic (exact) mass is 630 g/mol. The number of alkyl halides is 14. The molecule has 33 heavy (non-hydrogen) atoms. The fraction of sp³-hybridized carbons (Fsp3) is 1.00. The van der Waals surface area contributed by atoms with E-state index in [1.54, 1.807) is 22.6 Å². The molecule has 0 amide bonds. The highest BCUT2D eigenvalue weighted by atomic mass is 127. The third kappa shape index (κ3) is 5.16. The summed E-state index contributed by atoms with van der Waals surface area (Å²) in [6.07, 6.45) is -9.88. The average Bonchev–Trinajstić information content (AvgIpc) is 2.97. The van der Waals surface area contributed by atoms with Crippen molar-refractivity contribution >= 4 is 22.6 Å². The summed E-state index contributed by atoms with van der Waals surface area (Å²) in [6.45, 7) is -0.225. The maximum atomic E-state index is 14.3. The van der Waals surface area contributed by atoms with Crippen LogP contribution in [0.1, 0.15) is 19.3 Å². The SMILES string of the molecule is COCC1(COC)C[C@@H](CI)[C@H](CC(F)(F)C(F)(F)C(F)(F)C(F)(F)C(F)(F)C(F)(F)F)C1. The molecule has 0 aliphatic heterocycles. The van der Waals surface area contributed by atoms with Crippen LogP contribution in [0.2, 0.25) is 0 Å². The Morgan fingerprint density at radius 3 is 1.42 bits per heavy atom. The van der Waals surface area contributed by atoms with Crippen molar-refractivity contribution < 1.29 is 66.5 Å². The van der Waals surface area contributed by atoms with E-state index in [-0.39, 0.29) is 30.5 Å². The van der Waals surface area contributed by atoms with Gasteiger partial charge in [0.1, 0.15) is 0 Å². The van der Waals surface area contributed by atoms with Gasteiger partial charge in [0.15, 0.2) is 0 Å². The molecule has 0 aromatic carbocycles. The van der Waals surface area contributed by atoms with Crippen LogP contribution in [-0.4, -0.2) is 67.6 Å². The molecule has 1 fully saturated rings. The van der Waals surface area contributed by atoms with E-state index < -0.39 is 59.5 Å². The third-order valence-electron chi connectivity index (χ3n) is 5.67. The van der Waals surface area contributed by atoms with Crippen molar-refractivity contribution in [3.63, 3.8) is 0 Å². The lowest BCUT2D eigenvalue weighted by Gasteiger charge is -2.40. The summed E-state index contributed by atoms with van der Waals surface area (Å²) in [5.74, 6) is -39.0. The molecule has 1 rings (SSSR count). The summed E-state index contributed by atoms with van der Waals surface area (Å²) in [4.78, 5) is 0. The zero-order valence-electron chi connectivity index (χ0n) is 17.0. The average molecular weight is 630 g/mol. The summed E-state index contributed by atoms with van der Waals surface area (Å²) in [5.41, 5.74) is -1.01. The van der Waals surface area contributed by atoms with Gasteiger partial charge < -0.3 is 9.47 Å². The highest BCUT2D eigenvalue weighted by molar-refractivity contribution is 14.1. The summed E-state index contributed by atoms with van der Waals surface area (Å²) < 4.78 is 183. The first kappa shape index (κ1) is 30.8. The molecule has 0 saturated heterocycles. The number of methoxy groups -OCH3 is 2. The zero-order valence-corrected chi connectivity index (χ0v) is 19.2. The lowest BCUT2D eigenvalue weighted by Crippen LogP contribution is -2.70. The third-order valence-corrected chi connectivity index (χ3v) is 6.80. The first-order valence-corrected chi connectivity index (χ1v) is 10.6. The molecule has 198 valence electrons. The van der Waals surface area contributed by atoms with E-state index in [2.05, 4.69) is 0 Å².